The van der Waals surface area contributed by atoms with Crippen LogP contribution in [0, 0.1) is 6.92 Å². The van der Waals surface area contributed by atoms with E-state index in [0.29, 0.717) is 35.1 Å². The van der Waals surface area contributed by atoms with E-state index in [4.69, 9.17) is 13.9 Å². The summed E-state index contributed by atoms with van der Waals surface area (Å²) in [5.74, 6) is 0.0909. The Bertz CT molecular complexity index is 975. The van der Waals surface area contributed by atoms with Gasteiger partial charge in [0.2, 0.25) is 0 Å². The van der Waals surface area contributed by atoms with Gasteiger partial charge < -0.3 is 24.5 Å². The zero-order chi connectivity index (χ0) is 19.0. The van der Waals surface area contributed by atoms with Crippen LogP contribution in [0.4, 0.5) is 11.4 Å². The van der Waals surface area contributed by atoms with Gasteiger partial charge >= 0.3 is 5.63 Å². The molecule has 0 spiro atoms. The molecule has 8 heteroatoms. The second kappa shape index (κ2) is 6.88. The van der Waals surface area contributed by atoms with Crippen molar-refractivity contribution in [3.8, 4) is 5.75 Å². The lowest BCUT2D eigenvalue weighted by Crippen LogP contribution is -2.26. The highest BCUT2D eigenvalue weighted by Gasteiger charge is 2.24. The molecule has 1 unspecified atom stereocenters. The van der Waals surface area contributed by atoms with E-state index in [1.54, 1.807) is 31.2 Å². The molecule has 0 radical (unpaired) electrons. The van der Waals surface area contributed by atoms with E-state index in [0.717, 1.165) is 12.8 Å². The van der Waals surface area contributed by atoms with Crippen molar-refractivity contribution in [2.24, 2.45) is 0 Å². The van der Waals surface area contributed by atoms with Crippen LogP contribution in [0.2, 0.25) is 0 Å². The van der Waals surface area contributed by atoms with Crippen molar-refractivity contribution in [1.82, 2.24) is 0 Å². The van der Waals surface area contributed by atoms with Crippen molar-refractivity contribution >= 4 is 23.2 Å². The molecular weight excluding hydrogens is 352 g/mol. The number of rotatable bonds is 3. The number of nitrogens with one attached hydrogen (secondary N) is 2. The largest absolute Gasteiger partial charge is 0.482 e. The summed E-state index contributed by atoms with van der Waals surface area (Å²) in [4.78, 5) is 36.3. The normalized spacial score (nSPS) is 18.4. The summed E-state index contributed by atoms with van der Waals surface area (Å²) in [6, 6.07) is 6.50. The van der Waals surface area contributed by atoms with E-state index < -0.39 is 11.5 Å². The molecule has 0 bridgehead atoms. The van der Waals surface area contributed by atoms with Crippen LogP contribution in [0.15, 0.2) is 33.5 Å². The minimum atomic E-state index is -0.695. The summed E-state index contributed by atoms with van der Waals surface area (Å²) >= 11 is 0. The van der Waals surface area contributed by atoms with Crippen LogP contribution in [0.3, 0.4) is 0 Å². The number of anilines is 2. The molecule has 1 atom stereocenters. The van der Waals surface area contributed by atoms with Gasteiger partial charge in [-0.1, -0.05) is 0 Å². The molecule has 4 rings (SSSR count). The molecule has 1 aromatic heterocycles. The summed E-state index contributed by atoms with van der Waals surface area (Å²) in [6.07, 6.45) is 1.47. The van der Waals surface area contributed by atoms with Crippen molar-refractivity contribution in [3.05, 3.63) is 51.6 Å². The highest BCUT2D eigenvalue weighted by Crippen LogP contribution is 2.31. The molecule has 2 N–H and O–H groups in total. The lowest BCUT2D eigenvalue weighted by atomic mass is 10.1. The zero-order valence-electron chi connectivity index (χ0n) is 14.7. The fourth-order valence-electron chi connectivity index (χ4n) is 3.21. The van der Waals surface area contributed by atoms with Crippen molar-refractivity contribution < 1.29 is 23.5 Å². The van der Waals surface area contributed by atoms with Gasteiger partial charge in [0, 0.05) is 18.4 Å². The SMILES string of the molecule is Cc1cc(C2CCCO2)oc(=O)c1C(=O)Nc1ccc2c(c1)OCC(=O)N2. The number of ether oxygens (including phenoxy) is 2. The molecule has 2 aliphatic rings. The van der Waals surface area contributed by atoms with E-state index in [2.05, 4.69) is 10.6 Å². The van der Waals surface area contributed by atoms with Gasteiger partial charge in [-0.3, -0.25) is 9.59 Å². The molecule has 1 fully saturated rings. The molecule has 2 aliphatic heterocycles. The number of carbonyl (C=O) groups excluding carboxylic acids is 2. The quantitative estimate of drug-likeness (QED) is 0.859. The number of amides is 2. The lowest BCUT2D eigenvalue weighted by molar-refractivity contribution is -0.118. The third-order valence-corrected chi connectivity index (χ3v) is 4.51. The Kier molecular flexibility index (Phi) is 4.41. The van der Waals surface area contributed by atoms with Gasteiger partial charge in [-0.15, -0.1) is 0 Å². The van der Waals surface area contributed by atoms with E-state index >= 15 is 0 Å². The molecular formula is C19H18N2O6. The number of carbonyl (C=O) groups is 2. The molecule has 2 amide bonds. The number of hydrogen-bond donors (Lipinski definition) is 2. The van der Waals surface area contributed by atoms with Crippen LogP contribution < -0.4 is 21.0 Å². The predicted octanol–water partition coefficient (Wildman–Crippen LogP) is 2.38. The summed E-state index contributed by atoms with van der Waals surface area (Å²) in [5, 5.41) is 5.34. The average molecular weight is 370 g/mol. The van der Waals surface area contributed by atoms with Crippen molar-refractivity contribution in [3.63, 3.8) is 0 Å². The Labute approximate surface area is 154 Å². The van der Waals surface area contributed by atoms with Gasteiger partial charge in [-0.05, 0) is 43.5 Å². The molecule has 0 saturated carbocycles. The number of aryl methyl sites for hydroxylation is 1. The van der Waals surface area contributed by atoms with Crippen LogP contribution in [-0.4, -0.2) is 25.0 Å². The van der Waals surface area contributed by atoms with Crippen molar-refractivity contribution in [1.29, 1.82) is 0 Å². The van der Waals surface area contributed by atoms with E-state index in [-0.39, 0.29) is 24.2 Å². The van der Waals surface area contributed by atoms with Crippen LogP contribution >= 0.6 is 0 Å². The van der Waals surface area contributed by atoms with E-state index in [1.165, 1.54) is 0 Å². The Balaban J connectivity index is 1.56. The first-order valence-electron chi connectivity index (χ1n) is 8.65. The first-order valence-corrected chi connectivity index (χ1v) is 8.65. The van der Waals surface area contributed by atoms with Gasteiger partial charge in [-0.2, -0.15) is 0 Å². The number of hydrogen-bond acceptors (Lipinski definition) is 6. The highest BCUT2D eigenvalue weighted by atomic mass is 16.5. The van der Waals surface area contributed by atoms with E-state index in [9.17, 15) is 14.4 Å². The molecule has 1 aromatic carbocycles. The molecule has 1 saturated heterocycles. The summed E-state index contributed by atoms with van der Waals surface area (Å²) in [5.41, 5.74) is 0.747. The fraction of sp³-hybridized carbons (Fsp3) is 0.316. The Hall–Kier alpha value is -3.13. The maximum atomic E-state index is 12.6. The first-order chi connectivity index (χ1) is 13.0. The highest BCUT2D eigenvalue weighted by molar-refractivity contribution is 6.05. The molecule has 8 nitrogen and oxygen atoms in total. The third kappa shape index (κ3) is 3.43. The summed E-state index contributed by atoms with van der Waals surface area (Å²) < 4.78 is 16.2. The van der Waals surface area contributed by atoms with Gasteiger partial charge in [0.25, 0.3) is 11.8 Å². The maximum absolute atomic E-state index is 12.6. The summed E-state index contributed by atoms with van der Waals surface area (Å²) in [6.45, 7) is 2.24. The summed E-state index contributed by atoms with van der Waals surface area (Å²) in [7, 11) is 0. The first kappa shape index (κ1) is 17.3. The molecule has 27 heavy (non-hydrogen) atoms. The molecule has 2 aromatic rings. The smallest absolute Gasteiger partial charge is 0.349 e. The Morgan fingerprint density at radius 2 is 2.11 bits per heavy atom. The molecule has 3 heterocycles. The average Bonchev–Trinajstić information content (AvgIpc) is 3.16. The third-order valence-electron chi connectivity index (χ3n) is 4.51. The Morgan fingerprint density at radius 3 is 2.85 bits per heavy atom. The van der Waals surface area contributed by atoms with E-state index in [1.807, 2.05) is 0 Å². The zero-order valence-corrected chi connectivity index (χ0v) is 14.7. The fourth-order valence-corrected chi connectivity index (χ4v) is 3.21. The van der Waals surface area contributed by atoms with Gasteiger partial charge in [0.05, 0.1) is 5.69 Å². The van der Waals surface area contributed by atoms with Crippen molar-refractivity contribution in [2.45, 2.75) is 25.9 Å². The van der Waals surface area contributed by atoms with Crippen LogP contribution in [-0.2, 0) is 9.53 Å². The Morgan fingerprint density at radius 1 is 1.26 bits per heavy atom. The van der Waals surface area contributed by atoms with Crippen LogP contribution in [0.1, 0.15) is 40.6 Å². The second-order valence-electron chi connectivity index (χ2n) is 6.50. The molecule has 140 valence electrons. The van der Waals surface area contributed by atoms with Gasteiger partial charge in [0.15, 0.2) is 6.61 Å². The standard InChI is InChI=1S/C19H18N2O6/c1-10-7-15(13-3-2-6-25-13)27-19(24)17(10)18(23)20-11-4-5-12-14(8-11)26-9-16(22)21-12/h4-5,7-8,13H,2-3,6,9H2,1H3,(H,20,23)(H,21,22). The predicted molar refractivity (Wildman–Crippen MR) is 96.2 cm³/mol. The second-order valence-corrected chi connectivity index (χ2v) is 6.50. The maximum Gasteiger partial charge on any atom is 0.349 e. The van der Waals surface area contributed by atoms with Crippen LogP contribution in [0.25, 0.3) is 0 Å². The van der Waals surface area contributed by atoms with Crippen LogP contribution in [0.5, 0.6) is 5.75 Å². The number of benzene rings is 1. The number of fused-ring (bicyclic) bond motifs is 1. The van der Waals surface area contributed by atoms with Gasteiger partial charge in [0.1, 0.15) is 23.2 Å². The minimum absolute atomic E-state index is 0.0521. The van der Waals surface area contributed by atoms with Gasteiger partial charge in [-0.25, -0.2) is 4.79 Å². The topological polar surface area (TPSA) is 107 Å². The minimum Gasteiger partial charge on any atom is -0.482 e. The monoisotopic (exact) mass is 370 g/mol. The lowest BCUT2D eigenvalue weighted by Gasteiger charge is -2.18. The van der Waals surface area contributed by atoms with Crippen molar-refractivity contribution in [2.75, 3.05) is 23.8 Å². The molecule has 0 aliphatic carbocycles.